The van der Waals surface area contributed by atoms with Crippen molar-refractivity contribution in [3.63, 3.8) is 0 Å². The summed E-state index contributed by atoms with van der Waals surface area (Å²) in [5.41, 5.74) is 2.15. The molecule has 126 valence electrons. The van der Waals surface area contributed by atoms with Crippen LogP contribution in [-0.4, -0.2) is 35.4 Å². The highest BCUT2D eigenvalue weighted by Gasteiger charge is 2.15. The summed E-state index contributed by atoms with van der Waals surface area (Å²) in [6.07, 6.45) is 2.76. The van der Waals surface area contributed by atoms with Crippen LogP contribution in [0.3, 0.4) is 0 Å². The number of hydrogen-bond acceptors (Lipinski definition) is 5. The lowest BCUT2D eigenvalue weighted by atomic mass is 10.1. The van der Waals surface area contributed by atoms with Gasteiger partial charge in [-0.05, 0) is 37.5 Å². The molecule has 1 amide bonds. The maximum atomic E-state index is 12.0. The summed E-state index contributed by atoms with van der Waals surface area (Å²) in [5, 5.41) is 14.1. The van der Waals surface area contributed by atoms with Crippen LogP contribution < -0.4 is 10.6 Å². The number of carbonyl (C=O) groups excluding carboxylic acids is 1. The molecule has 0 aliphatic carbocycles. The first kappa shape index (κ1) is 16.4. The van der Waals surface area contributed by atoms with Crippen LogP contribution in [0.2, 0.25) is 0 Å². The van der Waals surface area contributed by atoms with E-state index in [1.54, 1.807) is 6.07 Å². The lowest BCUT2D eigenvalue weighted by Gasteiger charge is -2.11. The molecule has 2 aromatic rings. The third kappa shape index (κ3) is 4.76. The first-order valence-corrected chi connectivity index (χ1v) is 8.23. The molecule has 24 heavy (non-hydrogen) atoms. The number of aromatic nitrogens is 2. The van der Waals surface area contributed by atoms with Crippen molar-refractivity contribution in [3.8, 4) is 0 Å². The van der Waals surface area contributed by atoms with E-state index in [4.69, 9.17) is 4.74 Å². The van der Waals surface area contributed by atoms with Gasteiger partial charge < -0.3 is 15.4 Å². The zero-order chi connectivity index (χ0) is 16.8. The molecule has 2 heterocycles. The van der Waals surface area contributed by atoms with Crippen LogP contribution >= 0.6 is 0 Å². The zero-order valence-corrected chi connectivity index (χ0v) is 13.8. The second kappa shape index (κ2) is 7.88. The molecule has 1 aromatic carbocycles. The minimum absolute atomic E-state index is 0.104. The molecule has 1 aromatic heterocycles. The molecular weight excluding hydrogens is 304 g/mol. The second-order valence-electron chi connectivity index (χ2n) is 6.03. The number of ether oxygens (including phenoxy) is 1. The number of nitrogens with one attached hydrogen (secondary N) is 2. The predicted octanol–water partition coefficient (Wildman–Crippen LogP) is 2.56. The molecule has 1 unspecified atom stereocenters. The predicted molar refractivity (Wildman–Crippen MR) is 93.0 cm³/mol. The fourth-order valence-electron chi connectivity index (χ4n) is 2.60. The monoisotopic (exact) mass is 326 g/mol. The van der Waals surface area contributed by atoms with Gasteiger partial charge in [0, 0.05) is 13.2 Å². The molecule has 6 heteroatoms. The number of amides is 1. The molecule has 3 rings (SSSR count). The Morgan fingerprint density at radius 3 is 2.58 bits per heavy atom. The van der Waals surface area contributed by atoms with Crippen molar-refractivity contribution in [2.75, 3.05) is 23.8 Å². The molecule has 1 saturated heterocycles. The first-order chi connectivity index (χ1) is 11.7. The van der Waals surface area contributed by atoms with E-state index in [-0.39, 0.29) is 12.0 Å². The standard InChI is InChI=1S/C18H22N4O2/c1-13-4-6-14(7-5-13)11-18(23)20-17-9-8-16(21-22-17)19-12-15-3-2-10-24-15/h4-9,15H,2-3,10-12H2,1H3,(H,19,21)(H,20,22,23). The Labute approximate surface area is 141 Å². The van der Waals surface area contributed by atoms with Gasteiger partial charge in [-0.2, -0.15) is 0 Å². The smallest absolute Gasteiger partial charge is 0.229 e. The van der Waals surface area contributed by atoms with E-state index in [0.29, 0.717) is 18.1 Å². The molecule has 0 bridgehead atoms. The summed E-state index contributed by atoms with van der Waals surface area (Å²) in [6, 6.07) is 11.5. The van der Waals surface area contributed by atoms with Crippen molar-refractivity contribution in [1.29, 1.82) is 0 Å². The normalized spacial score (nSPS) is 16.8. The Balaban J connectivity index is 1.47. The number of aryl methyl sites for hydroxylation is 1. The third-order valence-electron chi connectivity index (χ3n) is 3.95. The highest BCUT2D eigenvalue weighted by molar-refractivity contribution is 5.91. The summed E-state index contributed by atoms with van der Waals surface area (Å²) in [6.45, 7) is 3.59. The van der Waals surface area contributed by atoms with Gasteiger partial charge in [-0.1, -0.05) is 29.8 Å². The lowest BCUT2D eigenvalue weighted by Crippen LogP contribution is -2.19. The molecule has 1 aliphatic rings. The Morgan fingerprint density at radius 1 is 1.17 bits per heavy atom. The highest BCUT2D eigenvalue weighted by atomic mass is 16.5. The topological polar surface area (TPSA) is 76.1 Å². The number of carbonyl (C=O) groups is 1. The summed E-state index contributed by atoms with van der Waals surface area (Å²) in [7, 11) is 0. The van der Waals surface area contributed by atoms with E-state index in [9.17, 15) is 4.79 Å². The Morgan fingerprint density at radius 2 is 1.92 bits per heavy atom. The van der Waals surface area contributed by atoms with E-state index in [0.717, 1.165) is 31.6 Å². The molecule has 0 spiro atoms. The molecule has 2 N–H and O–H groups in total. The SMILES string of the molecule is Cc1ccc(CC(=O)Nc2ccc(NCC3CCCO3)nn2)cc1. The largest absolute Gasteiger partial charge is 0.376 e. The van der Waals surface area contributed by atoms with Gasteiger partial charge >= 0.3 is 0 Å². The summed E-state index contributed by atoms with van der Waals surface area (Å²) >= 11 is 0. The van der Waals surface area contributed by atoms with Gasteiger partial charge in [-0.3, -0.25) is 4.79 Å². The minimum atomic E-state index is -0.104. The fraction of sp³-hybridized carbons (Fsp3) is 0.389. The molecule has 0 radical (unpaired) electrons. The van der Waals surface area contributed by atoms with Gasteiger partial charge in [0.1, 0.15) is 5.82 Å². The van der Waals surface area contributed by atoms with Gasteiger partial charge in [-0.15, -0.1) is 10.2 Å². The zero-order valence-electron chi connectivity index (χ0n) is 13.8. The number of anilines is 2. The van der Waals surface area contributed by atoms with Crippen molar-refractivity contribution < 1.29 is 9.53 Å². The van der Waals surface area contributed by atoms with Crippen molar-refractivity contribution >= 4 is 17.5 Å². The van der Waals surface area contributed by atoms with E-state index in [1.165, 1.54) is 5.56 Å². The van der Waals surface area contributed by atoms with E-state index in [1.807, 2.05) is 37.3 Å². The van der Waals surface area contributed by atoms with Crippen molar-refractivity contribution in [1.82, 2.24) is 10.2 Å². The van der Waals surface area contributed by atoms with Crippen LogP contribution in [0.5, 0.6) is 0 Å². The average Bonchev–Trinajstić information content (AvgIpc) is 3.10. The molecule has 0 saturated carbocycles. The molecule has 1 atom stereocenters. The number of hydrogen-bond donors (Lipinski definition) is 2. The summed E-state index contributed by atoms with van der Waals surface area (Å²) in [5.74, 6) is 1.03. The van der Waals surface area contributed by atoms with Crippen LogP contribution in [0.25, 0.3) is 0 Å². The van der Waals surface area contributed by atoms with Gasteiger partial charge in [-0.25, -0.2) is 0 Å². The number of rotatable bonds is 6. The lowest BCUT2D eigenvalue weighted by molar-refractivity contribution is -0.115. The van der Waals surface area contributed by atoms with Gasteiger partial charge in [0.2, 0.25) is 5.91 Å². The number of benzene rings is 1. The summed E-state index contributed by atoms with van der Waals surface area (Å²) in [4.78, 5) is 12.0. The Bertz CT molecular complexity index is 664. The minimum Gasteiger partial charge on any atom is -0.376 e. The maximum Gasteiger partial charge on any atom is 0.229 e. The second-order valence-corrected chi connectivity index (χ2v) is 6.03. The fourth-order valence-corrected chi connectivity index (χ4v) is 2.60. The third-order valence-corrected chi connectivity index (χ3v) is 3.95. The molecule has 6 nitrogen and oxygen atoms in total. The van der Waals surface area contributed by atoms with E-state index < -0.39 is 0 Å². The van der Waals surface area contributed by atoms with Gasteiger partial charge in [0.25, 0.3) is 0 Å². The van der Waals surface area contributed by atoms with Crippen molar-refractivity contribution in [2.45, 2.75) is 32.3 Å². The van der Waals surface area contributed by atoms with Crippen LogP contribution in [0, 0.1) is 6.92 Å². The van der Waals surface area contributed by atoms with E-state index >= 15 is 0 Å². The average molecular weight is 326 g/mol. The first-order valence-electron chi connectivity index (χ1n) is 8.23. The highest BCUT2D eigenvalue weighted by Crippen LogP contribution is 2.13. The molecule has 1 fully saturated rings. The van der Waals surface area contributed by atoms with E-state index in [2.05, 4.69) is 20.8 Å². The maximum absolute atomic E-state index is 12.0. The van der Waals surface area contributed by atoms with Crippen molar-refractivity contribution in [2.24, 2.45) is 0 Å². The van der Waals surface area contributed by atoms with Crippen molar-refractivity contribution in [3.05, 3.63) is 47.5 Å². The van der Waals surface area contributed by atoms with Gasteiger partial charge in [0.15, 0.2) is 5.82 Å². The van der Waals surface area contributed by atoms with Gasteiger partial charge in [0.05, 0.1) is 12.5 Å². The molecule has 1 aliphatic heterocycles. The summed E-state index contributed by atoms with van der Waals surface area (Å²) < 4.78 is 5.55. The molecular formula is C18H22N4O2. The Hall–Kier alpha value is -2.47. The van der Waals surface area contributed by atoms with Crippen LogP contribution in [-0.2, 0) is 16.0 Å². The van der Waals surface area contributed by atoms with Crippen LogP contribution in [0.1, 0.15) is 24.0 Å². The number of nitrogens with zero attached hydrogens (tertiary/aromatic N) is 2. The quantitative estimate of drug-likeness (QED) is 0.853. The Kier molecular flexibility index (Phi) is 5.38. The van der Waals surface area contributed by atoms with Crippen LogP contribution in [0.4, 0.5) is 11.6 Å². The van der Waals surface area contributed by atoms with Crippen LogP contribution in [0.15, 0.2) is 36.4 Å².